The number of likely N-dealkylation sites (N-methyl/N-ethyl adjacent to an activating group) is 1. The van der Waals surface area contributed by atoms with E-state index in [1.807, 2.05) is 7.05 Å². The molecule has 110 valence electrons. The van der Waals surface area contributed by atoms with Gasteiger partial charge in [0.1, 0.15) is 11.5 Å². The van der Waals surface area contributed by atoms with Crippen LogP contribution in [0.4, 0.5) is 5.69 Å². The van der Waals surface area contributed by atoms with Crippen molar-refractivity contribution in [2.45, 2.75) is 6.04 Å². The number of hydrogen-bond acceptors (Lipinski definition) is 5. The highest BCUT2D eigenvalue weighted by Gasteiger charge is 2.33. The summed E-state index contributed by atoms with van der Waals surface area (Å²) in [5, 5.41) is 5.97. The molecule has 0 saturated carbocycles. The molecule has 1 aliphatic rings. The highest BCUT2D eigenvalue weighted by atomic mass is 16.5. The lowest BCUT2D eigenvalue weighted by Crippen LogP contribution is -2.39. The van der Waals surface area contributed by atoms with Gasteiger partial charge in [0, 0.05) is 12.1 Å². The van der Waals surface area contributed by atoms with E-state index in [1.54, 1.807) is 32.4 Å². The van der Waals surface area contributed by atoms with Crippen molar-refractivity contribution >= 4 is 11.6 Å². The highest BCUT2D eigenvalue weighted by molar-refractivity contribution is 5.95. The van der Waals surface area contributed by atoms with Gasteiger partial charge in [-0.2, -0.15) is 0 Å². The Balaban J connectivity index is 2.14. The van der Waals surface area contributed by atoms with E-state index < -0.39 is 0 Å². The fourth-order valence-electron chi connectivity index (χ4n) is 2.23. The van der Waals surface area contributed by atoms with Gasteiger partial charge in [0.2, 0.25) is 5.91 Å². The van der Waals surface area contributed by atoms with Gasteiger partial charge in [-0.05, 0) is 19.2 Å². The number of ether oxygens (including phenoxy) is 3. The molecule has 0 radical (unpaired) electrons. The Morgan fingerprint density at radius 2 is 2.10 bits per heavy atom. The SMILES string of the molecule is CNC1COCC1C(=O)Nc1cc(OC)ccc1OC. The normalized spacial score (nSPS) is 21.6. The third kappa shape index (κ3) is 3.02. The Morgan fingerprint density at radius 3 is 2.75 bits per heavy atom. The van der Waals surface area contributed by atoms with Crippen LogP contribution in [0.1, 0.15) is 0 Å². The van der Waals surface area contributed by atoms with Crippen molar-refractivity contribution in [1.82, 2.24) is 5.32 Å². The molecule has 0 bridgehead atoms. The molecule has 2 N–H and O–H groups in total. The molecule has 1 fully saturated rings. The molecule has 6 heteroatoms. The molecule has 2 rings (SSSR count). The molecular weight excluding hydrogens is 260 g/mol. The van der Waals surface area contributed by atoms with E-state index in [2.05, 4.69) is 10.6 Å². The summed E-state index contributed by atoms with van der Waals surface area (Å²) in [6, 6.07) is 5.31. The molecule has 6 nitrogen and oxygen atoms in total. The van der Waals surface area contributed by atoms with Crippen LogP contribution in [0.2, 0.25) is 0 Å². The number of carbonyl (C=O) groups excluding carboxylic acids is 1. The van der Waals surface area contributed by atoms with Crippen molar-refractivity contribution in [2.24, 2.45) is 5.92 Å². The highest BCUT2D eigenvalue weighted by Crippen LogP contribution is 2.29. The minimum atomic E-state index is -0.212. The quantitative estimate of drug-likeness (QED) is 0.838. The van der Waals surface area contributed by atoms with E-state index in [0.717, 1.165) is 0 Å². The first kappa shape index (κ1) is 14.6. The second-order valence-electron chi connectivity index (χ2n) is 4.59. The Morgan fingerprint density at radius 1 is 1.30 bits per heavy atom. The second-order valence-corrected chi connectivity index (χ2v) is 4.59. The van der Waals surface area contributed by atoms with E-state index in [4.69, 9.17) is 14.2 Å². The molecule has 20 heavy (non-hydrogen) atoms. The number of amides is 1. The van der Waals surface area contributed by atoms with Gasteiger partial charge >= 0.3 is 0 Å². The molecule has 1 saturated heterocycles. The number of rotatable bonds is 5. The van der Waals surface area contributed by atoms with Crippen molar-refractivity contribution in [1.29, 1.82) is 0 Å². The van der Waals surface area contributed by atoms with E-state index in [1.165, 1.54) is 0 Å². The number of carbonyl (C=O) groups is 1. The first-order chi connectivity index (χ1) is 9.69. The predicted molar refractivity (Wildman–Crippen MR) is 75.3 cm³/mol. The summed E-state index contributed by atoms with van der Waals surface area (Å²) in [6.07, 6.45) is 0. The van der Waals surface area contributed by atoms with Crippen molar-refractivity contribution in [3.05, 3.63) is 18.2 Å². The van der Waals surface area contributed by atoms with Crippen molar-refractivity contribution in [2.75, 3.05) is 39.8 Å². The first-order valence-electron chi connectivity index (χ1n) is 6.47. The summed E-state index contributed by atoms with van der Waals surface area (Å²) in [7, 11) is 4.97. The monoisotopic (exact) mass is 280 g/mol. The summed E-state index contributed by atoms with van der Waals surface area (Å²) >= 11 is 0. The van der Waals surface area contributed by atoms with Crippen LogP contribution < -0.4 is 20.1 Å². The lowest BCUT2D eigenvalue weighted by Gasteiger charge is -2.18. The van der Waals surface area contributed by atoms with Gasteiger partial charge in [0.25, 0.3) is 0 Å². The van der Waals surface area contributed by atoms with Crippen LogP contribution in [0, 0.1) is 5.92 Å². The number of nitrogens with one attached hydrogen (secondary N) is 2. The van der Waals surface area contributed by atoms with Crippen molar-refractivity contribution in [3.63, 3.8) is 0 Å². The third-order valence-corrected chi connectivity index (χ3v) is 3.45. The van der Waals surface area contributed by atoms with E-state index in [-0.39, 0.29) is 17.9 Å². The van der Waals surface area contributed by atoms with Gasteiger partial charge in [0.15, 0.2) is 0 Å². The van der Waals surface area contributed by atoms with E-state index in [9.17, 15) is 4.79 Å². The number of methoxy groups -OCH3 is 2. The standard InChI is InChI=1S/C14H20N2O4/c1-15-12-8-20-7-10(12)14(17)16-11-6-9(18-2)4-5-13(11)19-3/h4-6,10,12,15H,7-8H2,1-3H3,(H,16,17). The summed E-state index contributed by atoms with van der Waals surface area (Å²) in [5.74, 6) is 0.956. The molecule has 1 aliphatic heterocycles. The van der Waals surface area contributed by atoms with Crippen LogP contribution in [-0.4, -0.2) is 46.4 Å². The number of benzene rings is 1. The van der Waals surface area contributed by atoms with Crippen LogP contribution in [0.15, 0.2) is 18.2 Å². The zero-order chi connectivity index (χ0) is 14.5. The molecule has 1 aromatic carbocycles. The van der Waals surface area contributed by atoms with E-state index in [0.29, 0.717) is 30.4 Å². The Labute approximate surface area is 118 Å². The minimum absolute atomic E-state index is 0.0339. The largest absolute Gasteiger partial charge is 0.497 e. The summed E-state index contributed by atoms with van der Waals surface area (Å²) in [4.78, 5) is 12.3. The van der Waals surface area contributed by atoms with Crippen LogP contribution in [0.25, 0.3) is 0 Å². The van der Waals surface area contributed by atoms with Crippen LogP contribution in [-0.2, 0) is 9.53 Å². The minimum Gasteiger partial charge on any atom is -0.497 e. The Kier molecular flexibility index (Phi) is 4.81. The van der Waals surface area contributed by atoms with Gasteiger partial charge in [-0.1, -0.05) is 0 Å². The summed E-state index contributed by atoms with van der Waals surface area (Å²) < 4.78 is 15.7. The number of hydrogen-bond donors (Lipinski definition) is 2. The summed E-state index contributed by atoms with van der Waals surface area (Å²) in [5.41, 5.74) is 0.596. The number of anilines is 1. The smallest absolute Gasteiger partial charge is 0.231 e. The zero-order valence-corrected chi connectivity index (χ0v) is 11.9. The maximum absolute atomic E-state index is 12.3. The van der Waals surface area contributed by atoms with E-state index >= 15 is 0 Å². The zero-order valence-electron chi connectivity index (χ0n) is 11.9. The molecule has 0 aliphatic carbocycles. The molecule has 0 spiro atoms. The van der Waals surface area contributed by atoms with Crippen LogP contribution in [0.5, 0.6) is 11.5 Å². The molecule has 2 unspecified atom stereocenters. The topological polar surface area (TPSA) is 68.8 Å². The van der Waals surface area contributed by atoms with Gasteiger partial charge in [-0.3, -0.25) is 4.79 Å². The third-order valence-electron chi connectivity index (χ3n) is 3.45. The lowest BCUT2D eigenvalue weighted by atomic mass is 10.0. The lowest BCUT2D eigenvalue weighted by molar-refractivity contribution is -0.120. The average Bonchev–Trinajstić information content (AvgIpc) is 2.95. The van der Waals surface area contributed by atoms with Gasteiger partial charge in [0.05, 0.1) is 39.0 Å². The maximum Gasteiger partial charge on any atom is 0.231 e. The average molecular weight is 280 g/mol. The Hall–Kier alpha value is -1.79. The predicted octanol–water partition coefficient (Wildman–Crippen LogP) is 0.877. The molecular formula is C14H20N2O4. The van der Waals surface area contributed by atoms with Crippen LogP contribution >= 0.6 is 0 Å². The van der Waals surface area contributed by atoms with Crippen molar-refractivity contribution in [3.8, 4) is 11.5 Å². The molecule has 1 amide bonds. The van der Waals surface area contributed by atoms with Crippen molar-refractivity contribution < 1.29 is 19.0 Å². The second kappa shape index (κ2) is 6.58. The fraction of sp³-hybridized carbons (Fsp3) is 0.500. The maximum atomic E-state index is 12.3. The van der Waals surface area contributed by atoms with Gasteiger partial charge < -0.3 is 24.8 Å². The molecule has 0 aromatic heterocycles. The van der Waals surface area contributed by atoms with Gasteiger partial charge in [-0.25, -0.2) is 0 Å². The fourth-order valence-corrected chi connectivity index (χ4v) is 2.23. The summed E-state index contributed by atoms with van der Waals surface area (Å²) in [6.45, 7) is 0.966. The van der Waals surface area contributed by atoms with Gasteiger partial charge in [-0.15, -0.1) is 0 Å². The first-order valence-corrected chi connectivity index (χ1v) is 6.47. The Bertz CT molecular complexity index is 478. The molecule has 1 heterocycles. The molecule has 1 aromatic rings. The van der Waals surface area contributed by atoms with Crippen LogP contribution in [0.3, 0.4) is 0 Å². The molecule has 2 atom stereocenters.